The highest BCUT2D eigenvalue weighted by Crippen LogP contribution is 2.39. The first kappa shape index (κ1) is 25.4. The van der Waals surface area contributed by atoms with Crippen LogP contribution in [0.15, 0.2) is 78.3 Å². The van der Waals surface area contributed by atoms with Crippen LogP contribution in [0.2, 0.25) is 5.02 Å². The molecule has 0 aliphatic carbocycles. The molecule has 5 rings (SSSR count). The molecule has 2 heterocycles. The molecule has 0 saturated heterocycles. The molecule has 4 aromatic rings. The monoisotopic (exact) mass is 529 g/mol. The second-order valence-corrected chi connectivity index (χ2v) is 9.63. The maximum atomic E-state index is 13.7. The van der Waals surface area contributed by atoms with Crippen molar-refractivity contribution in [1.82, 2.24) is 14.8 Å². The van der Waals surface area contributed by atoms with E-state index in [-0.39, 0.29) is 5.91 Å². The number of nitrogens with zero attached hydrogens (tertiary/aromatic N) is 3. The molecule has 0 unspecified atom stereocenters. The van der Waals surface area contributed by atoms with Crippen LogP contribution in [-0.2, 0) is 11.4 Å². The highest BCUT2D eigenvalue weighted by molar-refractivity contribution is 6.30. The summed E-state index contributed by atoms with van der Waals surface area (Å²) in [6.07, 6.45) is 1.47. The Morgan fingerprint density at radius 1 is 1.05 bits per heavy atom. The predicted molar refractivity (Wildman–Crippen MR) is 148 cm³/mol. The number of halogens is 1. The van der Waals surface area contributed by atoms with E-state index >= 15 is 0 Å². The number of methoxy groups -OCH3 is 1. The van der Waals surface area contributed by atoms with Gasteiger partial charge in [-0.25, -0.2) is 4.68 Å². The van der Waals surface area contributed by atoms with Crippen molar-refractivity contribution in [1.29, 1.82) is 0 Å². The van der Waals surface area contributed by atoms with Crippen LogP contribution in [0.1, 0.15) is 35.2 Å². The van der Waals surface area contributed by atoms with Crippen LogP contribution in [0, 0.1) is 13.8 Å². The van der Waals surface area contributed by atoms with Gasteiger partial charge in [0.1, 0.15) is 19.0 Å². The van der Waals surface area contributed by atoms with Crippen LogP contribution in [0.25, 0.3) is 0 Å². The number of aromatic nitrogens is 3. The summed E-state index contributed by atoms with van der Waals surface area (Å²) in [4.78, 5) is 18.0. The highest BCUT2D eigenvalue weighted by Gasteiger charge is 2.34. The normalized spacial score (nSPS) is 14.5. The molecule has 0 radical (unpaired) electrons. The number of aryl methyl sites for hydroxylation is 2. The lowest BCUT2D eigenvalue weighted by Gasteiger charge is -2.29. The second-order valence-electron chi connectivity index (χ2n) is 9.19. The molecule has 1 aliphatic rings. The van der Waals surface area contributed by atoms with Crippen LogP contribution < -0.4 is 20.1 Å². The Morgan fingerprint density at radius 3 is 2.58 bits per heavy atom. The number of hydrogen-bond donors (Lipinski definition) is 2. The lowest BCUT2D eigenvalue weighted by Crippen LogP contribution is -2.31. The molecule has 1 amide bonds. The number of fused-ring (bicyclic) bond motifs is 1. The van der Waals surface area contributed by atoms with Crippen molar-refractivity contribution >= 4 is 29.1 Å². The summed E-state index contributed by atoms with van der Waals surface area (Å²) >= 11 is 5.99. The molecule has 0 fully saturated rings. The first-order valence-electron chi connectivity index (χ1n) is 12.1. The maximum absolute atomic E-state index is 13.7. The van der Waals surface area contributed by atoms with Crippen LogP contribution in [0.5, 0.6) is 11.5 Å². The van der Waals surface area contributed by atoms with Gasteiger partial charge in [-0.1, -0.05) is 47.5 Å². The van der Waals surface area contributed by atoms with E-state index in [2.05, 4.69) is 20.7 Å². The van der Waals surface area contributed by atoms with E-state index in [0.29, 0.717) is 40.3 Å². The number of carbonyl (C=O) groups is 1. The SMILES string of the molecule is COc1cc([C@@H]2C(C(=O)Nc3ccc(C)cc3C)=C(C)Nc3ncnn32)ccc1OCc1ccc(Cl)cc1. The maximum Gasteiger partial charge on any atom is 0.255 e. The number of ether oxygens (including phenoxy) is 2. The molecule has 0 spiro atoms. The Labute approximate surface area is 226 Å². The standard InChI is InChI=1S/C29H28ClN5O3/c1-17-5-11-23(18(2)13-17)34-28(36)26-19(3)33-29-31-16-32-35(29)27(26)21-8-12-24(25(14-21)37-4)38-15-20-6-9-22(30)10-7-20/h5-14,16,27H,15H2,1-4H3,(H,34,36)(H,31,32,33)/t27-/m1/s1. The van der Waals surface area contributed by atoms with Crippen molar-refractivity contribution < 1.29 is 14.3 Å². The third kappa shape index (κ3) is 5.08. The molecule has 8 nitrogen and oxygen atoms in total. The Bertz CT molecular complexity index is 1530. The van der Waals surface area contributed by atoms with Gasteiger partial charge < -0.3 is 20.1 Å². The molecule has 0 saturated carbocycles. The lowest BCUT2D eigenvalue weighted by atomic mass is 9.94. The fourth-order valence-corrected chi connectivity index (χ4v) is 4.68. The largest absolute Gasteiger partial charge is 0.493 e. The van der Waals surface area contributed by atoms with Crippen molar-refractivity contribution in [3.05, 3.63) is 106 Å². The third-order valence-electron chi connectivity index (χ3n) is 6.48. The van der Waals surface area contributed by atoms with Gasteiger partial charge >= 0.3 is 0 Å². The van der Waals surface area contributed by atoms with Gasteiger partial charge in [0.25, 0.3) is 5.91 Å². The van der Waals surface area contributed by atoms with Gasteiger partial charge in [0, 0.05) is 16.4 Å². The molecular weight excluding hydrogens is 502 g/mol. The van der Waals surface area contributed by atoms with Gasteiger partial charge in [0.2, 0.25) is 5.95 Å². The summed E-state index contributed by atoms with van der Waals surface area (Å²) in [6.45, 7) is 6.22. The number of allylic oxidation sites excluding steroid dienone is 1. The number of carbonyl (C=O) groups excluding carboxylic acids is 1. The van der Waals surface area contributed by atoms with Gasteiger partial charge in [0.15, 0.2) is 11.5 Å². The van der Waals surface area contributed by atoms with Gasteiger partial charge in [-0.2, -0.15) is 10.1 Å². The van der Waals surface area contributed by atoms with Crippen molar-refractivity contribution in [3.63, 3.8) is 0 Å². The van der Waals surface area contributed by atoms with E-state index in [0.717, 1.165) is 27.9 Å². The zero-order valence-electron chi connectivity index (χ0n) is 21.6. The Hall–Kier alpha value is -4.30. The quantitative estimate of drug-likeness (QED) is 0.302. The molecule has 1 aromatic heterocycles. The Balaban J connectivity index is 1.47. The highest BCUT2D eigenvalue weighted by atomic mass is 35.5. The predicted octanol–water partition coefficient (Wildman–Crippen LogP) is 6.06. The van der Waals surface area contributed by atoms with E-state index in [1.165, 1.54) is 6.33 Å². The summed E-state index contributed by atoms with van der Waals surface area (Å²) in [5, 5.41) is 11.4. The fraction of sp³-hybridized carbons (Fsp3) is 0.207. The number of benzene rings is 3. The number of rotatable bonds is 7. The molecular formula is C29H28ClN5O3. The summed E-state index contributed by atoms with van der Waals surface area (Å²) in [5.41, 5.74) is 5.88. The van der Waals surface area contributed by atoms with Gasteiger partial charge in [-0.05, 0) is 67.8 Å². The van der Waals surface area contributed by atoms with Gasteiger partial charge in [-0.3, -0.25) is 4.79 Å². The number of amides is 1. The summed E-state index contributed by atoms with van der Waals surface area (Å²) in [5.74, 6) is 1.46. The first-order valence-corrected chi connectivity index (χ1v) is 12.5. The van der Waals surface area contributed by atoms with Crippen LogP contribution in [-0.4, -0.2) is 27.8 Å². The zero-order chi connectivity index (χ0) is 26.8. The zero-order valence-corrected chi connectivity index (χ0v) is 22.3. The summed E-state index contributed by atoms with van der Waals surface area (Å²) in [6, 6.07) is 18.5. The minimum absolute atomic E-state index is 0.227. The van der Waals surface area contributed by atoms with Crippen LogP contribution in [0.3, 0.4) is 0 Å². The van der Waals surface area contributed by atoms with Crippen molar-refractivity contribution in [2.45, 2.75) is 33.4 Å². The summed E-state index contributed by atoms with van der Waals surface area (Å²) in [7, 11) is 1.59. The molecule has 3 aromatic carbocycles. The average molecular weight is 530 g/mol. The Morgan fingerprint density at radius 2 is 1.84 bits per heavy atom. The third-order valence-corrected chi connectivity index (χ3v) is 6.73. The van der Waals surface area contributed by atoms with Crippen LogP contribution >= 0.6 is 11.6 Å². The minimum atomic E-state index is -0.529. The molecule has 0 bridgehead atoms. The van der Waals surface area contributed by atoms with Crippen molar-refractivity contribution in [2.75, 3.05) is 17.7 Å². The van der Waals surface area contributed by atoms with E-state index in [4.69, 9.17) is 21.1 Å². The molecule has 38 heavy (non-hydrogen) atoms. The number of nitrogens with one attached hydrogen (secondary N) is 2. The van der Waals surface area contributed by atoms with E-state index < -0.39 is 6.04 Å². The van der Waals surface area contributed by atoms with Crippen LogP contribution in [0.4, 0.5) is 11.6 Å². The average Bonchev–Trinajstić information content (AvgIpc) is 3.37. The topological polar surface area (TPSA) is 90.3 Å². The molecule has 2 N–H and O–H groups in total. The lowest BCUT2D eigenvalue weighted by molar-refractivity contribution is -0.113. The smallest absolute Gasteiger partial charge is 0.255 e. The summed E-state index contributed by atoms with van der Waals surface area (Å²) < 4.78 is 13.4. The number of anilines is 2. The fourth-order valence-electron chi connectivity index (χ4n) is 4.55. The van der Waals surface area contributed by atoms with Crippen molar-refractivity contribution in [3.8, 4) is 11.5 Å². The van der Waals surface area contributed by atoms with E-state index in [1.54, 1.807) is 11.8 Å². The van der Waals surface area contributed by atoms with E-state index in [9.17, 15) is 4.79 Å². The Kier molecular flexibility index (Phi) is 7.07. The second kappa shape index (κ2) is 10.6. The van der Waals surface area contributed by atoms with Crippen molar-refractivity contribution in [2.24, 2.45) is 0 Å². The molecule has 1 atom stereocenters. The molecule has 9 heteroatoms. The molecule has 1 aliphatic heterocycles. The molecule has 194 valence electrons. The first-order chi connectivity index (χ1) is 18.3. The minimum Gasteiger partial charge on any atom is -0.493 e. The van der Waals surface area contributed by atoms with Gasteiger partial charge in [-0.15, -0.1) is 0 Å². The van der Waals surface area contributed by atoms with Gasteiger partial charge in [0.05, 0.1) is 12.7 Å². The number of hydrogen-bond acceptors (Lipinski definition) is 6. The van der Waals surface area contributed by atoms with E-state index in [1.807, 2.05) is 81.4 Å².